The average molecular weight is 339 g/mol. The van der Waals surface area contributed by atoms with Crippen LogP contribution in [0.1, 0.15) is 10.4 Å². The second-order valence-corrected chi connectivity index (χ2v) is 6.39. The lowest BCUT2D eigenvalue weighted by Gasteiger charge is -2.32. The Morgan fingerprint density at radius 2 is 1.88 bits per heavy atom. The second kappa shape index (κ2) is 8.09. The fourth-order valence-corrected chi connectivity index (χ4v) is 2.99. The zero-order chi connectivity index (χ0) is 17.6. The molecule has 1 aromatic carbocycles. The van der Waals surface area contributed by atoms with Crippen LogP contribution in [-0.2, 0) is 0 Å². The van der Waals surface area contributed by atoms with Crippen LogP contribution in [-0.4, -0.2) is 67.0 Å². The van der Waals surface area contributed by atoms with E-state index in [9.17, 15) is 4.79 Å². The fraction of sp³-hybridized carbons (Fsp3) is 0.368. The van der Waals surface area contributed by atoms with Crippen molar-refractivity contribution < 1.29 is 4.79 Å². The SMILES string of the molecule is CN1CCN(CCNC(=O)c2ccnc(-c3ccccc3)c2N)CC1. The van der Waals surface area contributed by atoms with Crippen LogP contribution in [0.25, 0.3) is 11.3 Å². The Bertz CT molecular complexity index is 711. The summed E-state index contributed by atoms with van der Waals surface area (Å²) < 4.78 is 0. The van der Waals surface area contributed by atoms with Crippen molar-refractivity contribution in [2.75, 3.05) is 52.0 Å². The van der Waals surface area contributed by atoms with Gasteiger partial charge in [-0.3, -0.25) is 14.7 Å². The number of nitrogens with one attached hydrogen (secondary N) is 1. The molecule has 1 aromatic heterocycles. The summed E-state index contributed by atoms with van der Waals surface area (Å²) >= 11 is 0. The minimum atomic E-state index is -0.147. The monoisotopic (exact) mass is 339 g/mol. The van der Waals surface area contributed by atoms with Crippen LogP contribution in [0.5, 0.6) is 0 Å². The van der Waals surface area contributed by atoms with Crippen LogP contribution >= 0.6 is 0 Å². The molecule has 1 saturated heterocycles. The van der Waals surface area contributed by atoms with E-state index in [2.05, 4.69) is 27.1 Å². The first-order valence-corrected chi connectivity index (χ1v) is 8.64. The molecule has 0 spiro atoms. The normalized spacial score (nSPS) is 15.9. The summed E-state index contributed by atoms with van der Waals surface area (Å²) in [6.45, 7) is 5.71. The van der Waals surface area contributed by atoms with Crippen molar-refractivity contribution in [3.8, 4) is 11.3 Å². The highest BCUT2D eigenvalue weighted by Crippen LogP contribution is 2.25. The molecule has 1 aliphatic heterocycles. The molecule has 132 valence electrons. The molecule has 6 heteroatoms. The molecule has 1 fully saturated rings. The van der Waals surface area contributed by atoms with Crippen LogP contribution in [0.2, 0.25) is 0 Å². The Labute approximate surface area is 148 Å². The summed E-state index contributed by atoms with van der Waals surface area (Å²) in [4.78, 5) is 21.5. The van der Waals surface area contributed by atoms with Gasteiger partial charge in [0.1, 0.15) is 0 Å². The molecule has 25 heavy (non-hydrogen) atoms. The highest BCUT2D eigenvalue weighted by atomic mass is 16.1. The molecule has 0 radical (unpaired) electrons. The Morgan fingerprint density at radius 3 is 2.60 bits per heavy atom. The number of anilines is 1. The van der Waals surface area contributed by atoms with Gasteiger partial charge in [-0.25, -0.2) is 0 Å². The first kappa shape index (κ1) is 17.4. The molecule has 0 aliphatic carbocycles. The lowest BCUT2D eigenvalue weighted by Crippen LogP contribution is -2.46. The van der Waals surface area contributed by atoms with E-state index in [0.717, 1.165) is 38.3 Å². The number of rotatable bonds is 5. The number of hydrogen-bond donors (Lipinski definition) is 2. The molecule has 6 nitrogen and oxygen atoms in total. The number of likely N-dealkylation sites (N-methyl/N-ethyl adjacent to an activating group) is 1. The molecule has 1 aliphatic rings. The quantitative estimate of drug-likeness (QED) is 0.859. The maximum absolute atomic E-state index is 12.5. The van der Waals surface area contributed by atoms with Gasteiger partial charge in [0.15, 0.2) is 0 Å². The van der Waals surface area contributed by atoms with Crippen LogP contribution in [0.4, 0.5) is 5.69 Å². The van der Waals surface area contributed by atoms with Crippen LogP contribution in [0.15, 0.2) is 42.6 Å². The van der Waals surface area contributed by atoms with E-state index in [4.69, 9.17) is 5.73 Å². The molecular weight excluding hydrogens is 314 g/mol. The molecule has 0 saturated carbocycles. The Balaban J connectivity index is 1.61. The summed E-state index contributed by atoms with van der Waals surface area (Å²) in [7, 11) is 2.13. The van der Waals surface area contributed by atoms with Crippen molar-refractivity contribution in [1.82, 2.24) is 20.1 Å². The van der Waals surface area contributed by atoms with Crippen LogP contribution in [0, 0.1) is 0 Å². The molecule has 0 unspecified atom stereocenters. The molecule has 1 amide bonds. The topological polar surface area (TPSA) is 74.5 Å². The third kappa shape index (κ3) is 4.35. The van der Waals surface area contributed by atoms with Gasteiger partial charge in [-0.1, -0.05) is 30.3 Å². The van der Waals surface area contributed by atoms with Gasteiger partial charge in [-0.2, -0.15) is 0 Å². The minimum absolute atomic E-state index is 0.147. The summed E-state index contributed by atoms with van der Waals surface area (Å²) in [6.07, 6.45) is 1.63. The summed E-state index contributed by atoms with van der Waals surface area (Å²) in [5.41, 5.74) is 8.66. The van der Waals surface area contributed by atoms with Gasteiger partial charge in [-0.05, 0) is 13.1 Å². The molecule has 0 bridgehead atoms. The van der Waals surface area contributed by atoms with E-state index in [1.54, 1.807) is 12.3 Å². The van der Waals surface area contributed by atoms with Crippen molar-refractivity contribution in [3.05, 3.63) is 48.2 Å². The van der Waals surface area contributed by atoms with Gasteiger partial charge in [0.25, 0.3) is 5.91 Å². The smallest absolute Gasteiger partial charge is 0.253 e. The van der Waals surface area contributed by atoms with E-state index in [1.807, 2.05) is 30.3 Å². The number of nitrogen functional groups attached to an aromatic ring is 1. The van der Waals surface area contributed by atoms with Gasteiger partial charge < -0.3 is 16.0 Å². The highest BCUT2D eigenvalue weighted by Gasteiger charge is 2.16. The van der Waals surface area contributed by atoms with Gasteiger partial charge in [-0.15, -0.1) is 0 Å². The van der Waals surface area contributed by atoms with Crippen molar-refractivity contribution in [2.45, 2.75) is 0 Å². The third-order valence-electron chi connectivity index (χ3n) is 4.59. The number of pyridine rings is 1. The maximum atomic E-state index is 12.5. The largest absolute Gasteiger partial charge is 0.396 e. The fourth-order valence-electron chi connectivity index (χ4n) is 2.99. The predicted molar refractivity (Wildman–Crippen MR) is 100 cm³/mol. The van der Waals surface area contributed by atoms with Crippen molar-refractivity contribution in [1.29, 1.82) is 0 Å². The van der Waals surface area contributed by atoms with E-state index in [1.165, 1.54) is 0 Å². The van der Waals surface area contributed by atoms with E-state index in [-0.39, 0.29) is 5.91 Å². The standard InChI is InChI=1S/C19H25N5O/c1-23-11-13-24(14-12-23)10-9-22-19(25)16-7-8-21-18(17(16)20)15-5-3-2-4-6-15/h2-8H,9-14,20H2,1H3,(H,22,25). The lowest BCUT2D eigenvalue weighted by atomic mass is 10.1. The van der Waals surface area contributed by atoms with E-state index >= 15 is 0 Å². The van der Waals surface area contributed by atoms with Crippen molar-refractivity contribution >= 4 is 11.6 Å². The number of hydrogen-bond acceptors (Lipinski definition) is 5. The first-order chi connectivity index (χ1) is 12.1. The lowest BCUT2D eigenvalue weighted by molar-refractivity contribution is 0.0942. The number of amides is 1. The number of carbonyl (C=O) groups excluding carboxylic acids is 1. The van der Waals surface area contributed by atoms with Crippen LogP contribution in [0.3, 0.4) is 0 Å². The summed E-state index contributed by atoms with van der Waals surface area (Å²) in [5.74, 6) is -0.147. The maximum Gasteiger partial charge on any atom is 0.253 e. The highest BCUT2D eigenvalue weighted by molar-refractivity contribution is 6.01. The van der Waals surface area contributed by atoms with Crippen molar-refractivity contribution in [3.63, 3.8) is 0 Å². The number of carbonyl (C=O) groups is 1. The molecule has 2 heterocycles. The number of benzene rings is 1. The Hall–Kier alpha value is -2.44. The molecule has 3 N–H and O–H groups in total. The molecule has 2 aromatic rings. The number of nitrogens with two attached hydrogens (primary N) is 1. The third-order valence-corrected chi connectivity index (χ3v) is 4.59. The number of nitrogens with zero attached hydrogens (tertiary/aromatic N) is 3. The zero-order valence-electron chi connectivity index (χ0n) is 14.6. The zero-order valence-corrected chi connectivity index (χ0v) is 14.6. The first-order valence-electron chi connectivity index (χ1n) is 8.64. The van der Waals surface area contributed by atoms with Gasteiger partial charge >= 0.3 is 0 Å². The average Bonchev–Trinajstić information content (AvgIpc) is 2.64. The number of aromatic nitrogens is 1. The van der Waals surface area contributed by atoms with Gasteiger partial charge in [0, 0.05) is 51.0 Å². The van der Waals surface area contributed by atoms with Gasteiger partial charge in [0.2, 0.25) is 0 Å². The van der Waals surface area contributed by atoms with E-state index in [0.29, 0.717) is 23.5 Å². The summed E-state index contributed by atoms with van der Waals surface area (Å²) in [5, 5.41) is 2.97. The van der Waals surface area contributed by atoms with E-state index < -0.39 is 0 Å². The minimum Gasteiger partial charge on any atom is -0.396 e. The predicted octanol–water partition coefficient (Wildman–Crippen LogP) is 1.31. The summed E-state index contributed by atoms with van der Waals surface area (Å²) in [6, 6.07) is 11.3. The Morgan fingerprint density at radius 1 is 1.16 bits per heavy atom. The second-order valence-electron chi connectivity index (χ2n) is 6.39. The molecular formula is C19H25N5O. The number of piperazine rings is 1. The van der Waals surface area contributed by atoms with Gasteiger partial charge in [0.05, 0.1) is 16.9 Å². The Kier molecular flexibility index (Phi) is 5.63. The van der Waals surface area contributed by atoms with Crippen molar-refractivity contribution in [2.24, 2.45) is 0 Å². The van der Waals surface area contributed by atoms with Crippen LogP contribution < -0.4 is 11.1 Å². The molecule has 0 atom stereocenters. The molecule has 3 rings (SSSR count).